The Hall–Kier alpha value is -1.86. The Morgan fingerprint density at radius 1 is 1.35 bits per heavy atom. The molecule has 3 nitrogen and oxygen atoms in total. The molecule has 0 fully saturated rings. The Kier molecular flexibility index (Phi) is 7.38. The van der Waals surface area contributed by atoms with Crippen molar-refractivity contribution in [3.8, 4) is 11.8 Å². The summed E-state index contributed by atoms with van der Waals surface area (Å²) >= 11 is 0. The summed E-state index contributed by atoms with van der Waals surface area (Å²) in [6, 6.07) is 4.15. The van der Waals surface area contributed by atoms with E-state index in [1.807, 2.05) is 0 Å². The fraction of sp³-hybridized carbons (Fsp3) is 0.438. The summed E-state index contributed by atoms with van der Waals surface area (Å²) in [5, 5.41) is 11.3. The molecule has 0 spiro atoms. The lowest BCUT2D eigenvalue weighted by Crippen LogP contribution is -2.24. The highest BCUT2D eigenvalue weighted by Gasteiger charge is 2.08. The molecule has 0 aliphatic heterocycles. The smallest absolute Gasteiger partial charge is 0.251 e. The van der Waals surface area contributed by atoms with Gasteiger partial charge in [-0.05, 0) is 24.6 Å². The number of benzene rings is 1. The zero-order chi connectivity index (χ0) is 14.8. The molecule has 2 N–H and O–H groups in total. The maximum atomic E-state index is 13.7. The summed E-state index contributed by atoms with van der Waals surface area (Å²) < 4.78 is 13.7. The van der Waals surface area contributed by atoms with E-state index < -0.39 is 5.82 Å². The van der Waals surface area contributed by atoms with Crippen LogP contribution in [0.3, 0.4) is 0 Å². The minimum absolute atomic E-state index is 0.179. The summed E-state index contributed by atoms with van der Waals surface area (Å²) in [5.41, 5.74) is 0.464. The van der Waals surface area contributed by atoms with Crippen molar-refractivity contribution in [2.75, 3.05) is 13.2 Å². The Morgan fingerprint density at radius 3 is 2.80 bits per heavy atom. The molecule has 20 heavy (non-hydrogen) atoms. The molecule has 0 aliphatic carbocycles. The van der Waals surface area contributed by atoms with Crippen molar-refractivity contribution in [2.24, 2.45) is 0 Å². The number of aliphatic hydroxyl groups excluding tert-OH is 1. The normalized spacial score (nSPS) is 9.75. The van der Waals surface area contributed by atoms with Crippen molar-refractivity contribution in [1.82, 2.24) is 5.32 Å². The van der Waals surface area contributed by atoms with Crippen molar-refractivity contribution < 1.29 is 14.3 Å². The van der Waals surface area contributed by atoms with Gasteiger partial charge in [0.05, 0.1) is 5.56 Å². The van der Waals surface area contributed by atoms with Crippen LogP contribution in [0.25, 0.3) is 0 Å². The lowest BCUT2D eigenvalue weighted by atomic mass is 10.1. The SMILES string of the molecule is CCCCCCNC(=O)c1ccc(C#CCO)c(F)c1. The number of halogens is 1. The van der Waals surface area contributed by atoms with Crippen LogP contribution in [0.5, 0.6) is 0 Å². The fourth-order valence-corrected chi connectivity index (χ4v) is 1.75. The number of aliphatic hydroxyl groups is 1. The van der Waals surface area contributed by atoms with E-state index in [1.165, 1.54) is 18.2 Å². The van der Waals surface area contributed by atoms with E-state index in [0.29, 0.717) is 6.54 Å². The standard InChI is InChI=1S/C16H20FNO2/c1-2-3-4-5-10-18-16(20)14-9-8-13(7-6-11-19)15(17)12-14/h8-9,12,19H,2-5,10-11H2,1H3,(H,18,20). The van der Waals surface area contributed by atoms with Crippen molar-refractivity contribution >= 4 is 5.91 Å². The number of hydrogen-bond donors (Lipinski definition) is 2. The summed E-state index contributed by atoms with van der Waals surface area (Å²) in [6.45, 7) is 2.41. The number of carbonyl (C=O) groups is 1. The molecule has 1 rings (SSSR count). The summed E-state index contributed by atoms with van der Waals surface area (Å²) in [7, 11) is 0. The Morgan fingerprint density at radius 2 is 2.15 bits per heavy atom. The number of unbranched alkanes of at least 4 members (excludes halogenated alkanes) is 3. The van der Waals surface area contributed by atoms with E-state index in [9.17, 15) is 9.18 Å². The highest BCUT2D eigenvalue weighted by atomic mass is 19.1. The van der Waals surface area contributed by atoms with Gasteiger partial charge in [-0.1, -0.05) is 38.0 Å². The van der Waals surface area contributed by atoms with E-state index in [2.05, 4.69) is 24.1 Å². The van der Waals surface area contributed by atoms with Crippen molar-refractivity contribution in [1.29, 1.82) is 0 Å². The first-order valence-corrected chi connectivity index (χ1v) is 6.86. The van der Waals surface area contributed by atoms with Crippen LogP contribution in [0.2, 0.25) is 0 Å². The third-order valence-electron chi connectivity index (χ3n) is 2.85. The van der Waals surface area contributed by atoms with Gasteiger partial charge in [-0.3, -0.25) is 4.79 Å². The van der Waals surface area contributed by atoms with Gasteiger partial charge in [0.2, 0.25) is 0 Å². The highest BCUT2D eigenvalue weighted by Crippen LogP contribution is 2.09. The average Bonchev–Trinajstić information content (AvgIpc) is 2.45. The molecular formula is C16H20FNO2. The van der Waals surface area contributed by atoms with Gasteiger partial charge in [-0.15, -0.1) is 0 Å². The molecule has 0 atom stereocenters. The van der Waals surface area contributed by atoms with Gasteiger partial charge < -0.3 is 10.4 Å². The molecule has 1 aromatic carbocycles. The molecule has 4 heteroatoms. The second kappa shape index (κ2) is 9.11. The van der Waals surface area contributed by atoms with Gasteiger partial charge in [0.1, 0.15) is 12.4 Å². The third kappa shape index (κ3) is 5.41. The summed E-state index contributed by atoms with van der Waals surface area (Å²) in [4.78, 5) is 11.8. The second-order valence-electron chi connectivity index (χ2n) is 4.47. The van der Waals surface area contributed by atoms with Crippen molar-refractivity contribution in [3.63, 3.8) is 0 Å². The highest BCUT2D eigenvalue weighted by molar-refractivity contribution is 5.94. The van der Waals surface area contributed by atoms with Gasteiger partial charge in [0.25, 0.3) is 5.91 Å². The van der Waals surface area contributed by atoms with Gasteiger partial charge in [-0.2, -0.15) is 0 Å². The predicted octanol–water partition coefficient (Wildman–Crippen LogP) is 2.48. The van der Waals surface area contributed by atoms with Crippen molar-refractivity contribution in [2.45, 2.75) is 32.6 Å². The summed E-state index contributed by atoms with van der Waals surface area (Å²) in [5.74, 6) is 4.03. The fourth-order valence-electron chi connectivity index (χ4n) is 1.75. The molecule has 1 aromatic rings. The lowest BCUT2D eigenvalue weighted by molar-refractivity contribution is 0.0952. The number of hydrogen-bond acceptors (Lipinski definition) is 2. The first kappa shape index (κ1) is 16.2. The monoisotopic (exact) mass is 277 g/mol. The Balaban J connectivity index is 2.54. The second-order valence-corrected chi connectivity index (χ2v) is 4.47. The zero-order valence-electron chi connectivity index (χ0n) is 11.7. The minimum Gasteiger partial charge on any atom is -0.384 e. The van der Waals surface area contributed by atoms with Crippen LogP contribution in [0.15, 0.2) is 18.2 Å². The largest absolute Gasteiger partial charge is 0.384 e. The lowest BCUT2D eigenvalue weighted by Gasteiger charge is -2.05. The van der Waals surface area contributed by atoms with Crippen LogP contribution >= 0.6 is 0 Å². The van der Waals surface area contributed by atoms with Crippen LogP contribution in [0.4, 0.5) is 4.39 Å². The summed E-state index contributed by atoms with van der Waals surface area (Å²) in [6.07, 6.45) is 4.32. The average molecular weight is 277 g/mol. The molecular weight excluding hydrogens is 257 g/mol. The van der Waals surface area contributed by atoms with Gasteiger partial charge in [-0.25, -0.2) is 4.39 Å². The molecule has 0 aromatic heterocycles. The maximum Gasteiger partial charge on any atom is 0.251 e. The molecule has 0 aliphatic rings. The Labute approximate surface area is 119 Å². The van der Waals surface area contributed by atoms with E-state index >= 15 is 0 Å². The van der Waals surface area contributed by atoms with E-state index in [0.717, 1.165) is 25.7 Å². The van der Waals surface area contributed by atoms with Crippen molar-refractivity contribution in [3.05, 3.63) is 35.1 Å². The predicted molar refractivity (Wildman–Crippen MR) is 76.8 cm³/mol. The quantitative estimate of drug-likeness (QED) is 0.620. The number of rotatable bonds is 6. The van der Waals surface area contributed by atoms with Crippen LogP contribution in [0, 0.1) is 17.7 Å². The zero-order valence-corrected chi connectivity index (χ0v) is 11.7. The molecule has 0 radical (unpaired) electrons. The van der Waals surface area contributed by atoms with Gasteiger partial charge in [0.15, 0.2) is 0 Å². The molecule has 0 heterocycles. The number of carbonyl (C=O) groups excluding carboxylic acids is 1. The van der Waals surface area contributed by atoms with Gasteiger partial charge in [0, 0.05) is 12.1 Å². The first-order valence-electron chi connectivity index (χ1n) is 6.86. The topological polar surface area (TPSA) is 49.3 Å². The minimum atomic E-state index is -0.551. The third-order valence-corrected chi connectivity index (χ3v) is 2.85. The van der Waals surface area contributed by atoms with E-state index in [1.54, 1.807) is 0 Å². The Bertz CT molecular complexity index is 503. The molecule has 0 unspecified atom stereocenters. The molecule has 0 saturated heterocycles. The number of nitrogens with one attached hydrogen (secondary N) is 1. The maximum absolute atomic E-state index is 13.7. The van der Waals surface area contributed by atoms with Crippen LogP contribution in [0.1, 0.15) is 48.5 Å². The molecule has 0 saturated carbocycles. The van der Waals surface area contributed by atoms with Crippen LogP contribution in [-0.2, 0) is 0 Å². The molecule has 108 valence electrons. The van der Waals surface area contributed by atoms with E-state index in [-0.39, 0.29) is 23.6 Å². The first-order chi connectivity index (χ1) is 9.69. The number of amides is 1. The van der Waals surface area contributed by atoms with Crippen LogP contribution in [-0.4, -0.2) is 24.2 Å². The molecule has 1 amide bonds. The molecule has 0 bridgehead atoms. The van der Waals surface area contributed by atoms with Gasteiger partial charge >= 0.3 is 0 Å². The van der Waals surface area contributed by atoms with E-state index in [4.69, 9.17) is 5.11 Å². The van der Waals surface area contributed by atoms with Crippen LogP contribution < -0.4 is 5.32 Å².